The largest absolute Gasteiger partial charge is 0.488 e. The number of amides is 3. The number of para-hydroxylation sites is 2. The molecule has 2 heterocycles. The summed E-state index contributed by atoms with van der Waals surface area (Å²) >= 11 is 16.5. The molecule has 0 saturated carbocycles. The van der Waals surface area contributed by atoms with Gasteiger partial charge in [0.05, 0.1) is 34.0 Å². The Morgan fingerprint density at radius 2 is 1.85 bits per heavy atom. The number of hydrogen-bond donors (Lipinski definition) is 1. The highest BCUT2D eigenvalue weighted by atomic mass is 79.9. The first kappa shape index (κ1) is 29.5. The Labute approximate surface area is 259 Å². The summed E-state index contributed by atoms with van der Waals surface area (Å²) in [6.45, 7) is 2.49. The summed E-state index contributed by atoms with van der Waals surface area (Å²) in [6, 6.07) is 17.9. The fourth-order valence-electron chi connectivity index (χ4n) is 4.30. The van der Waals surface area contributed by atoms with Crippen molar-refractivity contribution in [3.05, 3.63) is 91.2 Å². The van der Waals surface area contributed by atoms with Gasteiger partial charge in [-0.1, -0.05) is 47.5 Å². The minimum absolute atomic E-state index is 0.227. The smallest absolute Gasteiger partial charge is 0.294 e. The summed E-state index contributed by atoms with van der Waals surface area (Å²) in [5.41, 5.74) is 2.96. The Morgan fingerprint density at radius 1 is 1.07 bits per heavy atom. The first-order chi connectivity index (χ1) is 19.8. The molecule has 0 spiro atoms. The molecular weight excluding hydrogens is 653 g/mol. The maximum Gasteiger partial charge on any atom is 0.294 e. The van der Waals surface area contributed by atoms with Gasteiger partial charge in [0.2, 0.25) is 5.91 Å². The first-order valence-electron chi connectivity index (χ1n) is 12.6. The van der Waals surface area contributed by atoms with Gasteiger partial charge in [-0.3, -0.25) is 19.3 Å². The van der Waals surface area contributed by atoms with Crippen molar-refractivity contribution in [3.63, 3.8) is 0 Å². The van der Waals surface area contributed by atoms with E-state index in [1.807, 2.05) is 18.2 Å². The molecule has 3 aromatic rings. The number of carbonyl (C=O) groups is 3. The monoisotopic (exact) mass is 675 g/mol. The summed E-state index contributed by atoms with van der Waals surface area (Å²) in [7, 11) is 0. The Kier molecular flexibility index (Phi) is 9.57. The van der Waals surface area contributed by atoms with Crippen molar-refractivity contribution >= 4 is 85.4 Å². The van der Waals surface area contributed by atoms with Gasteiger partial charge in [-0.15, -0.1) is 0 Å². The van der Waals surface area contributed by atoms with Gasteiger partial charge in [0.25, 0.3) is 11.1 Å². The molecular formula is C29H24BrCl2N3O5S. The second-order valence-electron chi connectivity index (χ2n) is 9.15. The van der Waals surface area contributed by atoms with Crippen LogP contribution < -0.4 is 15.0 Å². The number of rotatable bonds is 8. The Morgan fingerprint density at radius 3 is 2.61 bits per heavy atom. The van der Waals surface area contributed by atoms with Crippen molar-refractivity contribution in [2.24, 2.45) is 0 Å². The topological polar surface area (TPSA) is 88.2 Å². The van der Waals surface area contributed by atoms with Crippen LogP contribution in [0.4, 0.5) is 16.2 Å². The predicted molar refractivity (Wildman–Crippen MR) is 166 cm³/mol. The van der Waals surface area contributed by atoms with Crippen molar-refractivity contribution in [3.8, 4) is 5.75 Å². The first-order valence-corrected chi connectivity index (χ1v) is 15.0. The quantitative estimate of drug-likeness (QED) is 0.261. The fourth-order valence-corrected chi connectivity index (χ4v) is 6.11. The Bertz CT molecular complexity index is 1530. The molecule has 0 aromatic heterocycles. The SMILES string of the molecule is O=C(CN1C(=O)S/C(=C/c2ccc(OCc3ccc(Cl)cc3Cl)c(Br)c2)C1=O)Nc1ccccc1N1CCOCC1. The number of nitrogens with one attached hydrogen (secondary N) is 1. The Balaban J connectivity index is 1.22. The molecule has 5 rings (SSSR count). The number of anilines is 2. The van der Waals surface area contributed by atoms with E-state index >= 15 is 0 Å². The fraction of sp³-hybridized carbons (Fsp3) is 0.207. The van der Waals surface area contributed by atoms with Crippen molar-refractivity contribution in [2.75, 3.05) is 43.1 Å². The zero-order valence-corrected chi connectivity index (χ0v) is 25.5. The van der Waals surface area contributed by atoms with E-state index < -0.39 is 17.1 Å². The standard InChI is InChI=1S/C29H24BrCl2N3O5S/c30-21-13-18(5-8-25(21)40-17-19-6-7-20(31)15-22(19)32)14-26-28(37)35(29(38)41-26)16-27(36)33-23-3-1-2-4-24(23)34-9-11-39-12-10-34/h1-8,13-15H,9-12,16-17H2,(H,33,36)/b26-14+. The molecule has 3 aromatic carbocycles. The number of carbonyl (C=O) groups excluding carboxylic acids is 3. The van der Waals surface area contributed by atoms with E-state index in [4.69, 9.17) is 32.7 Å². The zero-order chi connectivity index (χ0) is 28.9. The van der Waals surface area contributed by atoms with Gasteiger partial charge >= 0.3 is 0 Å². The van der Waals surface area contributed by atoms with Gasteiger partial charge in [0.1, 0.15) is 18.9 Å². The number of hydrogen-bond acceptors (Lipinski definition) is 7. The summed E-state index contributed by atoms with van der Waals surface area (Å²) in [5.74, 6) is -0.403. The molecule has 0 atom stereocenters. The van der Waals surface area contributed by atoms with E-state index in [1.165, 1.54) is 0 Å². The van der Waals surface area contributed by atoms with Gasteiger partial charge < -0.3 is 19.7 Å². The lowest BCUT2D eigenvalue weighted by Crippen LogP contribution is -2.38. The van der Waals surface area contributed by atoms with Crippen molar-refractivity contribution in [1.29, 1.82) is 0 Å². The normalized spacial score (nSPS) is 16.4. The van der Waals surface area contributed by atoms with Crippen LogP contribution in [-0.4, -0.2) is 54.8 Å². The minimum atomic E-state index is -0.523. The summed E-state index contributed by atoms with van der Waals surface area (Å²) < 4.78 is 12.0. The summed E-state index contributed by atoms with van der Waals surface area (Å²) in [4.78, 5) is 41.9. The third kappa shape index (κ3) is 7.25. The van der Waals surface area contributed by atoms with Crippen LogP contribution in [0, 0.1) is 0 Å². The van der Waals surface area contributed by atoms with E-state index in [1.54, 1.807) is 48.5 Å². The predicted octanol–water partition coefficient (Wildman–Crippen LogP) is 6.85. The second-order valence-corrected chi connectivity index (χ2v) is 11.8. The van der Waals surface area contributed by atoms with Crippen LogP contribution in [0.5, 0.6) is 5.75 Å². The number of benzene rings is 3. The molecule has 2 aliphatic heterocycles. The summed E-state index contributed by atoms with van der Waals surface area (Å²) in [6.07, 6.45) is 1.61. The van der Waals surface area contributed by atoms with Crippen LogP contribution in [-0.2, 0) is 20.9 Å². The van der Waals surface area contributed by atoms with Crippen LogP contribution in [0.15, 0.2) is 70.0 Å². The van der Waals surface area contributed by atoms with Crippen LogP contribution in [0.2, 0.25) is 10.0 Å². The number of morpholine rings is 1. The average molecular weight is 677 g/mol. The Hall–Kier alpha value is -3.02. The van der Waals surface area contributed by atoms with E-state index in [0.29, 0.717) is 57.8 Å². The average Bonchev–Trinajstić information content (AvgIpc) is 3.21. The maximum absolute atomic E-state index is 13.0. The molecule has 0 aliphatic carbocycles. The molecule has 2 saturated heterocycles. The highest BCUT2D eigenvalue weighted by Crippen LogP contribution is 2.35. The molecule has 0 radical (unpaired) electrons. The third-order valence-electron chi connectivity index (χ3n) is 6.36. The molecule has 2 fully saturated rings. The van der Waals surface area contributed by atoms with Crippen LogP contribution >= 0.6 is 50.9 Å². The summed E-state index contributed by atoms with van der Waals surface area (Å²) in [5, 5.41) is 3.40. The molecule has 1 N–H and O–H groups in total. The van der Waals surface area contributed by atoms with E-state index in [9.17, 15) is 14.4 Å². The van der Waals surface area contributed by atoms with Crippen molar-refractivity contribution < 1.29 is 23.9 Å². The molecule has 3 amide bonds. The number of ether oxygens (including phenoxy) is 2. The van der Waals surface area contributed by atoms with E-state index in [2.05, 4.69) is 26.1 Å². The molecule has 0 unspecified atom stereocenters. The molecule has 2 aliphatic rings. The van der Waals surface area contributed by atoms with Gasteiger partial charge in [-0.2, -0.15) is 0 Å². The van der Waals surface area contributed by atoms with E-state index in [-0.39, 0.29) is 18.1 Å². The third-order valence-corrected chi connectivity index (χ3v) is 8.47. The lowest BCUT2D eigenvalue weighted by Gasteiger charge is -2.30. The second kappa shape index (κ2) is 13.3. The molecule has 8 nitrogen and oxygen atoms in total. The molecule has 212 valence electrons. The van der Waals surface area contributed by atoms with Crippen molar-refractivity contribution in [1.82, 2.24) is 4.90 Å². The van der Waals surface area contributed by atoms with Gasteiger partial charge in [-0.25, -0.2) is 0 Å². The highest BCUT2D eigenvalue weighted by molar-refractivity contribution is 9.10. The highest BCUT2D eigenvalue weighted by Gasteiger charge is 2.36. The number of halogens is 3. The molecule has 0 bridgehead atoms. The zero-order valence-electron chi connectivity index (χ0n) is 21.6. The van der Waals surface area contributed by atoms with Crippen LogP contribution in [0.1, 0.15) is 11.1 Å². The lowest BCUT2D eigenvalue weighted by molar-refractivity contribution is -0.127. The van der Waals surface area contributed by atoms with Gasteiger partial charge in [0, 0.05) is 28.7 Å². The number of nitrogens with zero attached hydrogens (tertiary/aromatic N) is 2. The number of thioether (sulfide) groups is 1. The van der Waals surface area contributed by atoms with Gasteiger partial charge in [-0.05, 0) is 75.7 Å². The van der Waals surface area contributed by atoms with Gasteiger partial charge in [0.15, 0.2) is 0 Å². The van der Waals surface area contributed by atoms with Crippen LogP contribution in [0.25, 0.3) is 6.08 Å². The van der Waals surface area contributed by atoms with E-state index in [0.717, 1.165) is 27.9 Å². The minimum Gasteiger partial charge on any atom is -0.488 e. The lowest BCUT2D eigenvalue weighted by atomic mass is 10.2. The van der Waals surface area contributed by atoms with Crippen molar-refractivity contribution in [2.45, 2.75) is 6.61 Å². The molecule has 41 heavy (non-hydrogen) atoms. The van der Waals surface area contributed by atoms with Crippen LogP contribution in [0.3, 0.4) is 0 Å². The maximum atomic E-state index is 13.0. The number of imide groups is 1. The molecule has 12 heteroatoms.